The number of hydrogen-bond donors (Lipinski definition) is 2. The third-order valence-corrected chi connectivity index (χ3v) is 2.91. The lowest BCUT2D eigenvalue weighted by Crippen LogP contribution is -2.16. The average Bonchev–Trinajstić information content (AvgIpc) is 3.05. The fraction of sp³-hybridized carbons (Fsp3) is 0. The molecule has 1 aromatic carbocycles. The van der Waals surface area contributed by atoms with Crippen LogP contribution in [0.1, 0.15) is 5.69 Å². The molecule has 0 bridgehead atoms. The van der Waals surface area contributed by atoms with Gasteiger partial charge in [-0.2, -0.15) is 5.10 Å². The molecule has 0 saturated heterocycles. The maximum atomic E-state index is 8.68. The van der Waals surface area contributed by atoms with E-state index < -0.39 is 0 Å². The number of amidine groups is 1. The molecule has 0 aliphatic heterocycles. The summed E-state index contributed by atoms with van der Waals surface area (Å²) in [5.74, 6) is 0.273. The summed E-state index contributed by atoms with van der Waals surface area (Å²) in [4.78, 5) is 8.32. The van der Waals surface area contributed by atoms with E-state index in [1.54, 1.807) is 12.3 Å². The first-order chi connectivity index (χ1) is 10.3. The highest BCUT2D eigenvalue weighted by molar-refractivity contribution is 5.95. The standard InChI is InChI=1S/C14H12N6O/c15-13(19-21)12-6-7-16-14(18-12)20-9-11(8-17-20)10-4-2-1-3-5-10/h1-9,21H,(H2,15,19). The summed E-state index contributed by atoms with van der Waals surface area (Å²) >= 11 is 0. The fourth-order valence-corrected chi connectivity index (χ4v) is 1.86. The van der Waals surface area contributed by atoms with Crippen molar-refractivity contribution in [2.75, 3.05) is 0 Å². The molecule has 3 aromatic rings. The maximum absolute atomic E-state index is 8.68. The highest BCUT2D eigenvalue weighted by atomic mass is 16.4. The van der Waals surface area contributed by atoms with Crippen molar-refractivity contribution in [1.82, 2.24) is 19.7 Å². The number of aromatic nitrogens is 4. The molecule has 0 amide bonds. The van der Waals surface area contributed by atoms with Gasteiger partial charge in [0.05, 0.1) is 6.20 Å². The Morgan fingerprint density at radius 2 is 1.95 bits per heavy atom. The van der Waals surface area contributed by atoms with Crippen molar-refractivity contribution < 1.29 is 5.21 Å². The Morgan fingerprint density at radius 3 is 2.71 bits per heavy atom. The van der Waals surface area contributed by atoms with Crippen LogP contribution in [0.5, 0.6) is 0 Å². The molecule has 7 nitrogen and oxygen atoms in total. The summed E-state index contributed by atoms with van der Waals surface area (Å²) in [7, 11) is 0. The molecule has 0 aliphatic carbocycles. The van der Waals surface area contributed by atoms with Crippen molar-refractivity contribution in [2.45, 2.75) is 0 Å². The van der Waals surface area contributed by atoms with Crippen LogP contribution in [-0.4, -0.2) is 30.8 Å². The van der Waals surface area contributed by atoms with Gasteiger partial charge in [-0.1, -0.05) is 35.5 Å². The smallest absolute Gasteiger partial charge is 0.251 e. The lowest BCUT2D eigenvalue weighted by atomic mass is 10.1. The molecule has 0 spiro atoms. The molecule has 2 heterocycles. The molecule has 3 rings (SSSR count). The van der Waals surface area contributed by atoms with Crippen LogP contribution in [0.25, 0.3) is 17.1 Å². The van der Waals surface area contributed by atoms with E-state index in [9.17, 15) is 0 Å². The van der Waals surface area contributed by atoms with Crippen LogP contribution in [0, 0.1) is 0 Å². The predicted molar refractivity (Wildman–Crippen MR) is 77.1 cm³/mol. The molecular formula is C14H12N6O. The lowest BCUT2D eigenvalue weighted by Gasteiger charge is -2.01. The first-order valence-corrected chi connectivity index (χ1v) is 6.19. The highest BCUT2D eigenvalue weighted by Gasteiger charge is 2.08. The second-order valence-corrected chi connectivity index (χ2v) is 4.27. The molecule has 104 valence electrons. The Balaban J connectivity index is 1.97. The zero-order chi connectivity index (χ0) is 14.7. The van der Waals surface area contributed by atoms with E-state index in [1.165, 1.54) is 10.9 Å². The quantitative estimate of drug-likeness (QED) is 0.327. The van der Waals surface area contributed by atoms with E-state index >= 15 is 0 Å². The minimum Gasteiger partial charge on any atom is -0.409 e. The molecule has 0 atom stereocenters. The third kappa shape index (κ3) is 2.57. The van der Waals surface area contributed by atoms with Gasteiger partial charge >= 0.3 is 0 Å². The SMILES string of the molecule is N/C(=N/O)c1ccnc(-n2cc(-c3ccccc3)cn2)n1. The highest BCUT2D eigenvalue weighted by Crippen LogP contribution is 2.18. The van der Waals surface area contributed by atoms with Crippen LogP contribution in [0.3, 0.4) is 0 Å². The topological polar surface area (TPSA) is 102 Å². The van der Waals surface area contributed by atoms with Crippen LogP contribution in [-0.2, 0) is 0 Å². The Labute approximate surface area is 120 Å². The summed E-state index contributed by atoms with van der Waals surface area (Å²) < 4.78 is 1.54. The monoisotopic (exact) mass is 280 g/mol. The van der Waals surface area contributed by atoms with Gasteiger partial charge in [0.1, 0.15) is 5.69 Å². The van der Waals surface area contributed by atoms with Crippen molar-refractivity contribution in [3.63, 3.8) is 0 Å². The molecule has 3 N–H and O–H groups in total. The average molecular weight is 280 g/mol. The number of nitrogens with zero attached hydrogens (tertiary/aromatic N) is 5. The van der Waals surface area contributed by atoms with Gasteiger partial charge in [0.15, 0.2) is 5.84 Å². The van der Waals surface area contributed by atoms with Gasteiger partial charge in [0.25, 0.3) is 5.95 Å². The Morgan fingerprint density at radius 1 is 1.14 bits per heavy atom. The number of benzene rings is 1. The van der Waals surface area contributed by atoms with E-state index in [0.717, 1.165) is 11.1 Å². The van der Waals surface area contributed by atoms with Gasteiger partial charge in [-0.3, -0.25) is 0 Å². The molecule has 0 saturated carbocycles. The first kappa shape index (κ1) is 12.8. The van der Waals surface area contributed by atoms with Crippen LogP contribution in [0.4, 0.5) is 0 Å². The molecule has 21 heavy (non-hydrogen) atoms. The molecule has 7 heteroatoms. The summed E-state index contributed by atoms with van der Waals surface area (Å²) in [5.41, 5.74) is 7.85. The molecule has 0 unspecified atom stereocenters. The second kappa shape index (κ2) is 5.41. The molecule has 0 aliphatic rings. The Bertz CT molecular complexity index is 781. The Kier molecular flexibility index (Phi) is 3.30. The van der Waals surface area contributed by atoms with Gasteiger partial charge in [-0.15, -0.1) is 0 Å². The normalized spacial score (nSPS) is 11.5. The van der Waals surface area contributed by atoms with E-state index in [-0.39, 0.29) is 5.84 Å². The summed E-state index contributed by atoms with van der Waals surface area (Å²) in [5, 5.41) is 15.8. The molecule has 0 fully saturated rings. The number of nitrogens with two attached hydrogens (primary N) is 1. The van der Waals surface area contributed by atoms with E-state index in [4.69, 9.17) is 10.9 Å². The lowest BCUT2D eigenvalue weighted by molar-refractivity contribution is 0.318. The fourth-order valence-electron chi connectivity index (χ4n) is 1.86. The summed E-state index contributed by atoms with van der Waals surface area (Å²) in [6.07, 6.45) is 5.08. The summed E-state index contributed by atoms with van der Waals surface area (Å²) in [6, 6.07) is 11.4. The van der Waals surface area contributed by atoms with Crippen molar-refractivity contribution in [1.29, 1.82) is 0 Å². The third-order valence-electron chi connectivity index (χ3n) is 2.91. The van der Waals surface area contributed by atoms with E-state index in [1.807, 2.05) is 36.5 Å². The van der Waals surface area contributed by atoms with Crippen molar-refractivity contribution in [2.24, 2.45) is 10.9 Å². The van der Waals surface area contributed by atoms with Gasteiger partial charge < -0.3 is 10.9 Å². The second-order valence-electron chi connectivity index (χ2n) is 4.27. The first-order valence-electron chi connectivity index (χ1n) is 6.19. The zero-order valence-corrected chi connectivity index (χ0v) is 11.0. The minimum absolute atomic E-state index is 0.0749. The van der Waals surface area contributed by atoms with Crippen molar-refractivity contribution in [3.8, 4) is 17.1 Å². The molecule has 2 aromatic heterocycles. The van der Waals surface area contributed by atoms with E-state index in [2.05, 4.69) is 20.2 Å². The van der Waals surface area contributed by atoms with Gasteiger partial charge in [-0.05, 0) is 11.6 Å². The summed E-state index contributed by atoms with van der Waals surface area (Å²) in [6.45, 7) is 0. The van der Waals surface area contributed by atoms with Gasteiger partial charge in [0, 0.05) is 18.0 Å². The van der Waals surface area contributed by atoms with Crippen molar-refractivity contribution >= 4 is 5.84 Å². The van der Waals surface area contributed by atoms with Crippen LogP contribution < -0.4 is 5.73 Å². The minimum atomic E-state index is -0.0749. The zero-order valence-electron chi connectivity index (χ0n) is 11.0. The van der Waals surface area contributed by atoms with Crippen LogP contribution in [0.15, 0.2) is 60.1 Å². The maximum Gasteiger partial charge on any atom is 0.251 e. The number of oxime groups is 1. The van der Waals surface area contributed by atoms with Crippen LogP contribution in [0.2, 0.25) is 0 Å². The number of rotatable bonds is 3. The predicted octanol–water partition coefficient (Wildman–Crippen LogP) is 1.42. The van der Waals surface area contributed by atoms with E-state index in [0.29, 0.717) is 11.6 Å². The molecule has 0 radical (unpaired) electrons. The largest absolute Gasteiger partial charge is 0.409 e. The molecular weight excluding hydrogens is 268 g/mol. The van der Waals surface area contributed by atoms with Gasteiger partial charge in [0.2, 0.25) is 0 Å². The van der Waals surface area contributed by atoms with Crippen LogP contribution >= 0.6 is 0 Å². The Hall–Kier alpha value is -3.22. The van der Waals surface area contributed by atoms with Gasteiger partial charge in [-0.25, -0.2) is 14.6 Å². The number of hydrogen-bond acceptors (Lipinski definition) is 5. The van der Waals surface area contributed by atoms with Crippen molar-refractivity contribution in [3.05, 3.63) is 60.7 Å².